The van der Waals surface area contributed by atoms with Gasteiger partial charge in [0, 0.05) is 6.61 Å². The Morgan fingerprint density at radius 1 is 1.43 bits per heavy atom. The molecule has 0 spiro atoms. The smallest absolute Gasteiger partial charge is 0.169 e. The lowest BCUT2D eigenvalue weighted by Gasteiger charge is -2.12. The number of aryl methyl sites for hydroxylation is 2. The maximum atomic E-state index is 8.95. The van der Waals surface area contributed by atoms with Crippen molar-refractivity contribution in [2.75, 3.05) is 6.61 Å². The molecule has 14 heavy (non-hydrogen) atoms. The van der Waals surface area contributed by atoms with Gasteiger partial charge in [-0.2, -0.15) is 5.26 Å². The summed E-state index contributed by atoms with van der Waals surface area (Å²) in [5.74, 6) is 0. The van der Waals surface area contributed by atoms with Crippen molar-refractivity contribution >= 4 is 0 Å². The zero-order valence-corrected chi connectivity index (χ0v) is 8.87. The molecular formula is C12H15NO. The van der Waals surface area contributed by atoms with Crippen LogP contribution >= 0.6 is 0 Å². The van der Waals surface area contributed by atoms with Crippen LogP contribution in [0.5, 0.6) is 0 Å². The van der Waals surface area contributed by atoms with Crippen molar-refractivity contribution in [3.05, 3.63) is 34.9 Å². The van der Waals surface area contributed by atoms with E-state index < -0.39 is 6.10 Å². The van der Waals surface area contributed by atoms with E-state index in [1.807, 2.05) is 39.0 Å². The molecule has 0 fully saturated rings. The zero-order valence-electron chi connectivity index (χ0n) is 8.87. The van der Waals surface area contributed by atoms with Gasteiger partial charge in [-0.1, -0.05) is 23.8 Å². The fourth-order valence-electron chi connectivity index (χ4n) is 1.41. The molecule has 1 atom stereocenters. The molecule has 0 bridgehead atoms. The van der Waals surface area contributed by atoms with Crippen LogP contribution in [0.3, 0.4) is 0 Å². The van der Waals surface area contributed by atoms with E-state index in [1.54, 1.807) is 0 Å². The minimum absolute atomic E-state index is 0.431. The highest BCUT2D eigenvalue weighted by Gasteiger charge is 2.12. The first-order valence-electron chi connectivity index (χ1n) is 4.77. The van der Waals surface area contributed by atoms with Gasteiger partial charge in [-0.15, -0.1) is 0 Å². The molecule has 74 valence electrons. The lowest BCUT2D eigenvalue weighted by Crippen LogP contribution is -2.03. The first-order chi connectivity index (χ1) is 6.69. The second-order valence-corrected chi connectivity index (χ2v) is 3.32. The molecule has 1 rings (SSSR count). The SMILES string of the molecule is CCOC(C#N)c1cc(C)ccc1C. The minimum Gasteiger partial charge on any atom is -0.359 e. The van der Waals surface area contributed by atoms with Crippen LogP contribution in [0.2, 0.25) is 0 Å². The molecule has 0 N–H and O–H groups in total. The number of hydrogen-bond donors (Lipinski definition) is 0. The quantitative estimate of drug-likeness (QED) is 0.732. The zero-order chi connectivity index (χ0) is 10.6. The predicted octanol–water partition coefficient (Wildman–Crippen LogP) is 2.90. The van der Waals surface area contributed by atoms with Crippen LogP contribution in [0, 0.1) is 25.2 Å². The highest BCUT2D eigenvalue weighted by molar-refractivity contribution is 5.34. The van der Waals surface area contributed by atoms with Gasteiger partial charge in [0.05, 0.1) is 6.07 Å². The number of benzene rings is 1. The molecule has 0 amide bonds. The van der Waals surface area contributed by atoms with Gasteiger partial charge in [-0.3, -0.25) is 0 Å². The Bertz CT molecular complexity index is 352. The number of nitrogens with zero attached hydrogens (tertiary/aromatic N) is 1. The van der Waals surface area contributed by atoms with E-state index in [-0.39, 0.29) is 0 Å². The monoisotopic (exact) mass is 189 g/mol. The molecule has 1 unspecified atom stereocenters. The number of hydrogen-bond acceptors (Lipinski definition) is 2. The Hall–Kier alpha value is -1.33. The molecule has 0 radical (unpaired) electrons. The summed E-state index contributed by atoms with van der Waals surface area (Å²) < 4.78 is 5.35. The molecule has 0 aliphatic rings. The second-order valence-electron chi connectivity index (χ2n) is 3.32. The van der Waals surface area contributed by atoms with E-state index in [1.165, 1.54) is 0 Å². The third kappa shape index (κ3) is 2.34. The molecular weight excluding hydrogens is 174 g/mol. The van der Waals surface area contributed by atoms with Crippen LogP contribution in [0.4, 0.5) is 0 Å². The van der Waals surface area contributed by atoms with Gasteiger partial charge in [0.2, 0.25) is 0 Å². The first kappa shape index (κ1) is 10.7. The molecule has 0 aliphatic heterocycles. The summed E-state index contributed by atoms with van der Waals surface area (Å²) in [4.78, 5) is 0. The third-order valence-electron chi connectivity index (χ3n) is 2.17. The Balaban J connectivity index is 3.03. The van der Waals surface area contributed by atoms with E-state index >= 15 is 0 Å². The van der Waals surface area contributed by atoms with Crippen molar-refractivity contribution < 1.29 is 4.74 Å². The van der Waals surface area contributed by atoms with Crippen LogP contribution in [-0.4, -0.2) is 6.61 Å². The molecule has 0 saturated heterocycles. The van der Waals surface area contributed by atoms with Crippen LogP contribution in [0.1, 0.15) is 29.7 Å². The van der Waals surface area contributed by atoms with Crippen molar-refractivity contribution in [1.29, 1.82) is 5.26 Å². The third-order valence-corrected chi connectivity index (χ3v) is 2.17. The highest BCUT2D eigenvalue weighted by Crippen LogP contribution is 2.21. The Labute approximate surface area is 85.1 Å². The van der Waals surface area contributed by atoms with E-state index in [4.69, 9.17) is 10.00 Å². The van der Waals surface area contributed by atoms with Crippen molar-refractivity contribution in [3.8, 4) is 6.07 Å². The average molecular weight is 189 g/mol. The summed E-state index contributed by atoms with van der Waals surface area (Å²) in [5.41, 5.74) is 3.25. The summed E-state index contributed by atoms with van der Waals surface area (Å²) in [6.07, 6.45) is -0.431. The summed E-state index contributed by atoms with van der Waals surface area (Å²) >= 11 is 0. The first-order valence-corrected chi connectivity index (χ1v) is 4.77. The normalized spacial score (nSPS) is 12.1. The highest BCUT2D eigenvalue weighted by atomic mass is 16.5. The Kier molecular flexibility index (Phi) is 3.67. The van der Waals surface area contributed by atoms with Crippen LogP contribution in [0.15, 0.2) is 18.2 Å². The van der Waals surface area contributed by atoms with Crippen molar-refractivity contribution in [2.24, 2.45) is 0 Å². The van der Waals surface area contributed by atoms with Crippen LogP contribution in [-0.2, 0) is 4.74 Å². The largest absolute Gasteiger partial charge is 0.359 e. The molecule has 2 nitrogen and oxygen atoms in total. The van der Waals surface area contributed by atoms with Crippen molar-refractivity contribution in [3.63, 3.8) is 0 Å². The molecule has 0 aliphatic carbocycles. The Morgan fingerprint density at radius 2 is 2.14 bits per heavy atom. The van der Waals surface area contributed by atoms with E-state index in [0.29, 0.717) is 6.61 Å². The number of rotatable bonds is 3. The maximum Gasteiger partial charge on any atom is 0.169 e. The Morgan fingerprint density at radius 3 is 2.71 bits per heavy atom. The summed E-state index contributed by atoms with van der Waals surface area (Å²) in [6, 6.07) is 8.24. The molecule has 0 saturated carbocycles. The average Bonchev–Trinajstić information content (AvgIpc) is 2.18. The van der Waals surface area contributed by atoms with E-state index in [0.717, 1.165) is 16.7 Å². The molecule has 1 aromatic rings. The molecule has 1 aromatic carbocycles. The lowest BCUT2D eigenvalue weighted by molar-refractivity contribution is 0.101. The molecule has 0 aromatic heterocycles. The summed E-state index contributed by atoms with van der Waals surface area (Å²) in [5, 5.41) is 8.95. The molecule has 0 heterocycles. The van der Waals surface area contributed by atoms with E-state index in [9.17, 15) is 0 Å². The number of ether oxygens (including phenoxy) is 1. The predicted molar refractivity (Wildman–Crippen MR) is 55.9 cm³/mol. The fourth-order valence-corrected chi connectivity index (χ4v) is 1.41. The van der Waals surface area contributed by atoms with Crippen LogP contribution in [0.25, 0.3) is 0 Å². The van der Waals surface area contributed by atoms with Crippen LogP contribution < -0.4 is 0 Å². The summed E-state index contributed by atoms with van der Waals surface area (Å²) in [7, 11) is 0. The van der Waals surface area contributed by atoms with E-state index in [2.05, 4.69) is 6.07 Å². The standard InChI is InChI=1S/C12H15NO/c1-4-14-12(8-13)11-7-9(2)5-6-10(11)3/h5-7,12H,4H2,1-3H3. The van der Waals surface area contributed by atoms with Gasteiger partial charge in [0.25, 0.3) is 0 Å². The number of nitriles is 1. The topological polar surface area (TPSA) is 33.0 Å². The van der Waals surface area contributed by atoms with Gasteiger partial charge in [-0.05, 0) is 31.9 Å². The van der Waals surface area contributed by atoms with Gasteiger partial charge in [0.1, 0.15) is 0 Å². The van der Waals surface area contributed by atoms with Gasteiger partial charge >= 0.3 is 0 Å². The summed E-state index contributed by atoms with van der Waals surface area (Å²) in [6.45, 7) is 6.47. The van der Waals surface area contributed by atoms with Gasteiger partial charge < -0.3 is 4.74 Å². The van der Waals surface area contributed by atoms with Gasteiger partial charge in [0.15, 0.2) is 6.10 Å². The molecule has 2 heteroatoms. The maximum absolute atomic E-state index is 8.95. The van der Waals surface area contributed by atoms with Gasteiger partial charge in [-0.25, -0.2) is 0 Å². The lowest BCUT2D eigenvalue weighted by atomic mass is 10.0. The second kappa shape index (κ2) is 4.78. The van der Waals surface area contributed by atoms with Crippen molar-refractivity contribution in [2.45, 2.75) is 26.9 Å². The minimum atomic E-state index is -0.431. The van der Waals surface area contributed by atoms with Crippen molar-refractivity contribution in [1.82, 2.24) is 0 Å². The fraction of sp³-hybridized carbons (Fsp3) is 0.417.